The zero-order valence-electron chi connectivity index (χ0n) is 16.4. The number of nitrogens with zero attached hydrogens (tertiary/aromatic N) is 3. The van der Waals surface area contributed by atoms with E-state index in [2.05, 4.69) is 4.98 Å². The lowest BCUT2D eigenvalue weighted by Gasteiger charge is -2.21. The van der Waals surface area contributed by atoms with E-state index in [1.54, 1.807) is 37.3 Å². The highest BCUT2D eigenvalue weighted by molar-refractivity contribution is 8.00. The number of aryl methyl sites for hydroxylation is 1. The largest absolute Gasteiger partial charge is 0.342 e. The summed E-state index contributed by atoms with van der Waals surface area (Å²) in [6.07, 6.45) is 2.04. The van der Waals surface area contributed by atoms with E-state index < -0.39 is 5.25 Å². The van der Waals surface area contributed by atoms with Gasteiger partial charge in [0.1, 0.15) is 5.82 Å². The van der Waals surface area contributed by atoms with Gasteiger partial charge in [0.2, 0.25) is 5.91 Å². The van der Waals surface area contributed by atoms with Crippen molar-refractivity contribution in [2.45, 2.75) is 37.1 Å². The van der Waals surface area contributed by atoms with E-state index in [-0.39, 0.29) is 17.3 Å². The molecule has 2 aromatic carbocycles. The van der Waals surface area contributed by atoms with Crippen LogP contribution in [0, 0.1) is 12.7 Å². The molecule has 5 nitrogen and oxygen atoms in total. The lowest BCUT2D eigenvalue weighted by Crippen LogP contribution is -2.34. The van der Waals surface area contributed by atoms with Gasteiger partial charge < -0.3 is 4.90 Å². The molecule has 2 heterocycles. The van der Waals surface area contributed by atoms with Crippen molar-refractivity contribution < 1.29 is 9.18 Å². The first-order chi connectivity index (χ1) is 14.0. The summed E-state index contributed by atoms with van der Waals surface area (Å²) in [5, 5.41) is 0.441. The molecule has 29 heavy (non-hydrogen) atoms. The lowest BCUT2D eigenvalue weighted by molar-refractivity contribution is -0.129. The molecule has 0 spiro atoms. The minimum atomic E-state index is -0.400. The summed E-state index contributed by atoms with van der Waals surface area (Å²) >= 11 is 1.24. The molecule has 1 amide bonds. The number of likely N-dealkylation sites (tertiary alicyclic amines) is 1. The number of fused-ring (bicyclic) bond motifs is 1. The van der Waals surface area contributed by atoms with Gasteiger partial charge in [-0.2, -0.15) is 0 Å². The van der Waals surface area contributed by atoms with Gasteiger partial charge in [0.05, 0.1) is 21.8 Å². The third kappa shape index (κ3) is 3.79. The summed E-state index contributed by atoms with van der Waals surface area (Å²) in [6.45, 7) is 5.04. The number of carbonyl (C=O) groups is 1. The predicted molar refractivity (Wildman–Crippen MR) is 113 cm³/mol. The molecule has 4 rings (SSSR count). The zero-order chi connectivity index (χ0) is 20.5. The predicted octanol–water partition coefficient (Wildman–Crippen LogP) is 3.94. The zero-order valence-corrected chi connectivity index (χ0v) is 17.2. The van der Waals surface area contributed by atoms with Crippen LogP contribution in [0.5, 0.6) is 0 Å². The third-order valence-corrected chi connectivity index (χ3v) is 6.25. The maximum Gasteiger partial charge on any atom is 0.266 e. The molecule has 0 bridgehead atoms. The first kappa shape index (κ1) is 19.6. The van der Waals surface area contributed by atoms with Crippen LogP contribution >= 0.6 is 11.8 Å². The van der Waals surface area contributed by atoms with Crippen LogP contribution in [0.1, 0.15) is 25.3 Å². The molecule has 1 aliphatic rings. The number of hydrogen-bond donors (Lipinski definition) is 0. The highest BCUT2D eigenvalue weighted by Gasteiger charge is 2.26. The van der Waals surface area contributed by atoms with E-state index in [9.17, 15) is 14.0 Å². The Morgan fingerprint density at radius 1 is 1.17 bits per heavy atom. The number of halogens is 1. The minimum absolute atomic E-state index is 0.0385. The summed E-state index contributed by atoms with van der Waals surface area (Å²) in [7, 11) is 0. The van der Waals surface area contributed by atoms with E-state index in [4.69, 9.17) is 0 Å². The number of para-hydroxylation sites is 1. The van der Waals surface area contributed by atoms with Crippen molar-refractivity contribution >= 4 is 28.6 Å². The molecule has 1 saturated heterocycles. The fraction of sp³-hybridized carbons (Fsp3) is 0.318. The Labute approximate surface area is 172 Å². The van der Waals surface area contributed by atoms with Gasteiger partial charge in [-0.15, -0.1) is 0 Å². The average Bonchev–Trinajstić information content (AvgIpc) is 3.25. The highest BCUT2D eigenvalue weighted by Crippen LogP contribution is 2.27. The van der Waals surface area contributed by atoms with Gasteiger partial charge in [0.15, 0.2) is 5.16 Å². The second kappa shape index (κ2) is 7.99. The lowest BCUT2D eigenvalue weighted by atomic mass is 10.2. The first-order valence-corrected chi connectivity index (χ1v) is 10.6. The molecule has 3 aromatic rings. The van der Waals surface area contributed by atoms with Gasteiger partial charge in [-0.3, -0.25) is 14.2 Å². The molecule has 7 heteroatoms. The Bertz CT molecular complexity index is 1140. The monoisotopic (exact) mass is 411 g/mol. The maximum atomic E-state index is 14.2. The summed E-state index contributed by atoms with van der Waals surface area (Å²) in [5.41, 5.74) is 1.19. The Morgan fingerprint density at radius 3 is 2.62 bits per heavy atom. The number of carbonyl (C=O) groups excluding carboxylic acids is 1. The van der Waals surface area contributed by atoms with Crippen LogP contribution in [0.25, 0.3) is 16.6 Å². The number of thioether (sulfide) groups is 1. The van der Waals surface area contributed by atoms with E-state index in [0.29, 0.717) is 27.3 Å². The molecule has 0 saturated carbocycles. The molecule has 0 aliphatic carbocycles. The SMILES string of the molecule is Cc1ccc(-n2c(S[C@H](C)C(=O)N3CCCC3)nc3ccccc3c2=O)cc1F. The summed E-state index contributed by atoms with van der Waals surface area (Å²) < 4.78 is 15.6. The normalized spacial score (nSPS) is 15.1. The third-order valence-electron chi connectivity index (χ3n) is 5.21. The van der Waals surface area contributed by atoms with Crippen LogP contribution in [0.2, 0.25) is 0 Å². The smallest absolute Gasteiger partial charge is 0.266 e. The number of amides is 1. The number of rotatable bonds is 4. The number of hydrogen-bond acceptors (Lipinski definition) is 4. The molecule has 0 radical (unpaired) electrons. The van der Waals surface area contributed by atoms with E-state index in [1.165, 1.54) is 22.4 Å². The Balaban J connectivity index is 1.82. The van der Waals surface area contributed by atoms with Gasteiger partial charge in [-0.25, -0.2) is 9.37 Å². The second-order valence-corrected chi connectivity index (χ2v) is 8.59. The van der Waals surface area contributed by atoms with Crippen molar-refractivity contribution in [3.8, 4) is 5.69 Å². The quantitative estimate of drug-likeness (QED) is 0.482. The molecule has 1 aliphatic heterocycles. The van der Waals surface area contributed by atoms with Crippen LogP contribution in [0.3, 0.4) is 0 Å². The van der Waals surface area contributed by atoms with Crippen LogP contribution < -0.4 is 5.56 Å². The number of benzene rings is 2. The number of aromatic nitrogens is 2. The molecule has 150 valence electrons. The van der Waals surface area contributed by atoms with E-state index >= 15 is 0 Å². The Morgan fingerprint density at radius 2 is 1.90 bits per heavy atom. The van der Waals surface area contributed by atoms with Crippen LogP contribution in [-0.2, 0) is 4.79 Å². The van der Waals surface area contributed by atoms with E-state index in [1.807, 2.05) is 17.9 Å². The van der Waals surface area contributed by atoms with Crippen molar-refractivity contribution in [2.24, 2.45) is 0 Å². The Hall–Kier alpha value is -2.67. The topological polar surface area (TPSA) is 55.2 Å². The van der Waals surface area contributed by atoms with E-state index in [0.717, 1.165) is 25.9 Å². The summed E-state index contributed by atoms with van der Waals surface area (Å²) in [5.74, 6) is -0.351. The van der Waals surface area contributed by atoms with Crippen molar-refractivity contribution in [2.75, 3.05) is 13.1 Å². The summed E-state index contributed by atoms with van der Waals surface area (Å²) in [6, 6.07) is 11.7. The van der Waals surface area contributed by atoms with Crippen LogP contribution in [-0.4, -0.2) is 38.7 Å². The van der Waals surface area contributed by atoms with Crippen molar-refractivity contribution in [1.82, 2.24) is 14.5 Å². The Kier molecular flexibility index (Phi) is 5.41. The van der Waals surface area contributed by atoms with Gasteiger partial charge in [-0.05, 0) is 56.5 Å². The van der Waals surface area contributed by atoms with Gasteiger partial charge in [-0.1, -0.05) is 30.0 Å². The van der Waals surface area contributed by atoms with Crippen molar-refractivity contribution in [1.29, 1.82) is 0 Å². The molecule has 1 fully saturated rings. The summed E-state index contributed by atoms with van der Waals surface area (Å²) in [4.78, 5) is 32.5. The fourth-order valence-electron chi connectivity index (χ4n) is 3.54. The van der Waals surface area contributed by atoms with Gasteiger partial charge >= 0.3 is 0 Å². The molecule has 0 unspecified atom stereocenters. The van der Waals surface area contributed by atoms with Gasteiger partial charge in [0, 0.05) is 13.1 Å². The minimum Gasteiger partial charge on any atom is -0.342 e. The molecular weight excluding hydrogens is 389 g/mol. The fourth-order valence-corrected chi connectivity index (χ4v) is 4.55. The maximum absolute atomic E-state index is 14.2. The molecular formula is C22H22FN3O2S. The van der Waals surface area contributed by atoms with Crippen LogP contribution in [0.4, 0.5) is 4.39 Å². The second-order valence-electron chi connectivity index (χ2n) is 7.28. The van der Waals surface area contributed by atoms with Crippen LogP contribution in [0.15, 0.2) is 52.4 Å². The molecule has 1 aromatic heterocycles. The average molecular weight is 412 g/mol. The molecule has 1 atom stereocenters. The van der Waals surface area contributed by atoms with Gasteiger partial charge in [0.25, 0.3) is 5.56 Å². The molecule has 0 N–H and O–H groups in total. The van der Waals surface area contributed by atoms with Crippen molar-refractivity contribution in [3.63, 3.8) is 0 Å². The first-order valence-electron chi connectivity index (χ1n) is 9.69. The highest BCUT2D eigenvalue weighted by atomic mass is 32.2. The standard InChI is InChI=1S/C22H22FN3O2S/c1-14-9-10-16(13-18(14)23)26-21(28)17-7-3-4-8-19(17)24-22(26)29-15(2)20(27)25-11-5-6-12-25/h3-4,7-10,13,15H,5-6,11-12H2,1-2H3/t15-/m1/s1. The van der Waals surface area contributed by atoms with Crippen molar-refractivity contribution in [3.05, 3.63) is 64.2 Å².